The lowest BCUT2D eigenvalue weighted by atomic mass is 9.85. The van der Waals surface area contributed by atoms with Gasteiger partial charge in [0.1, 0.15) is 11.4 Å². The van der Waals surface area contributed by atoms with Gasteiger partial charge in [0, 0.05) is 45.5 Å². The topological polar surface area (TPSA) is 145 Å². The fourth-order valence-electron chi connectivity index (χ4n) is 9.98. The molecule has 3 unspecified atom stereocenters. The number of aliphatic hydroxyl groups excluding tert-OH is 1. The summed E-state index contributed by atoms with van der Waals surface area (Å²) in [5.74, 6) is 1.18. The molecule has 0 aromatic heterocycles. The Hall–Kier alpha value is -0.616. The Morgan fingerprint density at radius 1 is 0.667 bits per heavy atom. The molecule has 442 valence electrons. The van der Waals surface area contributed by atoms with E-state index in [1.165, 1.54) is 32.6 Å². The molecule has 2 spiro atoms. The van der Waals surface area contributed by atoms with Crippen molar-refractivity contribution in [3.8, 4) is 0 Å². The number of rotatable bonds is 25. The summed E-state index contributed by atoms with van der Waals surface area (Å²) in [6.45, 7) is 44.6. The average molecular weight is 1120 g/mol. The van der Waals surface area contributed by atoms with Crippen LogP contribution in [-0.2, 0) is 51.0 Å². The van der Waals surface area contributed by atoms with Gasteiger partial charge in [-0.25, -0.2) is 0 Å². The van der Waals surface area contributed by atoms with Gasteiger partial charge < -0.3 is 42.0 Å². The van der Waals surface area contributed by atoms with Crippen molar-refractivity contribution in [2.75, 3.05) is 33.0 Å². The van der Waals surface area contributed by atoms with Crippen molar-refractivity contribution in [2.24, 2.45) is 23.7 Å². The summed E-state index contributed by atoms with van der Waals surface area (Å²) in [7, 11) is -6.56. The molecule has 4 aliphatic heterocycles. The van der Waals surface area contributed by atoms with E-state index in [-0.39, 0.29) is 77.5 Å². The SMILES string of the molecule is CC(=O)/C(C)=C/[C@@H](C)CC[C@@H]1CCC[C@]2(CCC(C)[C@@H](CCCO[Si](C)(C)C(C)(C)C)O2)O1.CC1CC[C@]2(CCC[C@@H](CC[C@H](C)CO)O2)O[C@@H]1CCCO[Si](C)(C)C(C)(C)C.CCOP(=O)(OCC)C(C)C(C)=O. The van der Waals surface area contributed by atoms with Gasteiger partial charge in [0.15, 0.2) is 34.0 Å². The molecule has 0 radical (unpaired) electrons. The molecule has 4 saturated heterocycles. The molecule has 11 atom stereocenters. The van der Waals surface area contributed by atoms with Gasteiger partial charge in [-0.15, -0.1) is 0 Å². The standard InChI is InChI=1S/C28H52O4Si.C24H48O4Si.C8H17O4P/c1-21(20-23(3)24(4)29)14-15-25-12-10-17-28(31-25)18-16-22(2)26(32-28)13-11-19-30-33(8,9)27(5,6)7;1-19(18-25)12-13-21-10-8-15-24(27-21)16-14-20(2)22(28-24)11-9-17-26-29(6,7)23(3,4)5;1-5-11-13(10,12-6-2)8(4)7(3)9/h20-22,25-26H,10-19H2,1-9H3;19-22,25H,8-18H2,1-7H3;8H,5-6H2,1-4H3/b23-20+;;/t21-,22?,25-,26+,28-;19-,20?,21-,22+,24-;/m00./s1. The van der Waals surface area contributed by atoms with Crippen LogP contribution in [0.4, 0.5) is 0 Å². The van der Waals surface area contributed by atoms with Gasteiger partial charge in [-0.05, 0) is 197 Å². The molecule has 0 aromatic rings. The van der Waals surface area contributed by atoms with Crippen LogP contribution in [0.1, 0.15) is 226 Å². The molecular formula is C60H117O12PSi2. The van der Waals surface area contributed by atoms with Crippen molar-refractivity contribution in [1.29, 1.82) is 0 Å². The molecule has 4 aliphatic rings. The van der Waals surface area contributed by atoms with Crippen LogP contribution in [0.15, 0.2) is 11.6 Å². The number of aliphatic hydroxyl groups is 1. The molecule has 75 heavy (non-hydrogen) atoms. The zero-order chi connectivity index (χ0) is 57.1. The summed E-state index contributed by atoms with van der Waals surface area (Å²) in [5, 5.41) is 9.82. The van der Waals surface area contributed by atoms with Crippen LogP contribution in [-0.4, -0.2) is 108 Å². The molecule has 0 aromatic carbocycles. The van der Waals surface area contributed by atoms with E-state index in [2.05, 4.69) is 102 Å². The molecule has 4 heterocycles. The van der Waals surface area contributed by atoms with Gasteiger partial charge >= 0.3 is 7.60 Å². The van der Waals surface area contributed by atoms with Crippen LogP contribution in [0.2, 0.25) is 36.3 Å². The molecule has 0 amide bonds. The van der Waals surface area contributed by atoms with E-state index < -0.39 is 29.9 Å². The first-order chi connectivity index (χ1) is 34.7. The monoisotopic (exact) mass is 1120 g/mol. The molecule has 4 rings (SSSR count). The van der Waals surface area contributed by atoms with Crippen molar-refractivity contribution in [3.05, 3.63) is 11.6 Å². The fraction of sp³-hybridized carbons (Fsp3) is 0.933. The van der Waals surface area contributed by atoms with E-state index in [1.807, 2.05) is 6.92 Å². The normalized spacial score (nSPS) is 28.4. The van der Waals surface area contributed by atoms with Gasteiger partial charge in [0.05, 0.1) is 37.6 Å². The largest absolute Gasteiger partial charge is 0.417 e. The van der Waals surface area contributed by atoms with E-state index in [4.69, 9.17) is 36.8 Å². The minimum Gasteiger partial charge on any atom is -0.417 e. The number of hydrogen-bond donors (Lipinski definition) is 1. The second kappa shape index (κ2) is 32.1. The second-order valence-corrected chi connectivity index (χ2v) is 38.4. The quantitative estimate of drug-likeness (QED) is 0.0402. The van der Waals surface area contributed by atoms with Crippen LogP contribution in [0.3, 0.4) is 0 Å². The van der Waals surface area contributed by atoms with Crippen molar-refractivity contribution in [2.45, 2.75) is 304 Å². The number of ketones is 2. The number of allylic oxidation sites excluding steroid dienone is 2. The predicted octanol–water partition coefficient (Wildman–Crippen LogP) is 16.3. The molecular weight excluding hydrogens is 1000 g/mol. The second-order valence-electron chi connectivity index (χ2n) is 26.4. The van der Waals surface area contributed by atoms with Crippen molar-refractivity contribution in [3.63, 3.8) is 0 Å². The minimum absolute atomic E-state index is 0.167. The van der Waals surface area contributed by atoms with Gasteiger partial charge in [0.25, 0.3) is 0 Å². The molecule has 0 saturated carbocycles. The maximum Gasteiger partial charge on any atom is 0.340 e. The van der Waals surface area contributed by atoms with Crippen LogP contribution >= 0.6 is 7.60 Å². The van der Waals surface area contributed by atoms with Crippen LogP contribution in [0.25, 0.3) is 0 Å². The van der Waals surface area contributed by atoms with Gasteiger partial charge in [-0.2, -0.15) is 0 Å². The van der Waals surface area contributed by atoms with Crippen LogP contribution < -0.4 is 0 Å². The smallest absolute Gasteiger partial charge is 0.340 e. The number of hydrogen-bond acceptors (Lipinski definition) is 12. The maximum atomic E-state index is 11.9. The fourth-order valence-corrected chi connectivity index (χ4v) is 13.8. The van der Waals surface area contributed by atoms with E-state index >= 15 is 0 Å². The lowest BCUT2D eigenvalue weighted by molar-refractivity contribution is -0.325. The highest BCUT2D eigenvalue weighted by Gasteiger charge is 2.46. The third kappa shape index (κ3) is 23.8. The molecule has 0 aliphatic carbocycles. The van der Waals surface area contributed by atoms with Crippen molar-refractivity contribution < 1.29 is 56.1 Å². The molecule has 1 N–H and O–H groups in total. The van der Waals surface area contributed by atoms with Crippen LogP contribution in [0, 0.1) is 23.7 Å². The summed E-state index contributed by atoms with van der Waals surface area (Å²) in [4.78, 5) is 22.5. The Bertz CT molecular complexity index is 1740. The maximum absolute atomic E-state index is 11.9. The average Bonchev–Trinajstić information content (AvgIpc) is 3.32. The number of carbonyl (C=O) groups excluding carboxylic acids is 2. The lowest BCUT2D eigenvalue weighted by Crippen LogP contribution is -2.50. The molecule has 0 bridgehead atoms. The predicted molar refractivity (Wildman–Crippen MR) is 314 cm³/mol. The van der Waals surface area contributed by atoms with Crippen LogP contribution in [0.5, 0.6) is 0 Å². The Balaban J connectivity index is 0.000000419. The highest BCUT2D eigenvalue weighted by Crippen LogP contribution is 2.53. The first-order valence-corrected chi connectivity index (χ1v) is 37.3. The Morgan fingerprint density at radius 2 is 1.08 bits per heavy atom. The van der Waals surface area contributed by atoms with Gasteiger partial charge in [0.2, 0.25) is 0 Å². The van der Waals surface area contributed by atoms with Gasteiger partial charge in [-0.3, -0.25) is 14.2 Å². The molecule has 12 nitrogen and oxygen atoms in total. The summed E-state index contributed by atoms with van der Waals surface area (Å²) in [6.07, 6.45) is 22.7. The lowest BCUT2D eigenvalue weighted by Gasteiger charge is -2.48. The van der Waals surface area contributed by atoms with Gasteiger partial charge in [-0.1, -0.05) is 75.3 Å². The van der Waals surface area contributed by atoms with Crippen molar-refractivity contribution >= 4 is 35.8 Å². The Labute approximate surface area is 462 Å². The van der Waals surface area contributed by atoms with E-state index in [9.17, 15) is 19.3 Å². The number of ether oxygens (including phenoxy) is 4. The van der Waals surface area contributed by atoms with E-state index in [1.54, 1.807) is 27.7 Å². The Kier molecular flexibility index (Phi) is 30.2. The third-order valence-electron chi connectivity index (χ3n) is 17.7. The number of carbonyl (C=O) groups is 2. The van der Waals surface area contributed by atoms with E-state index in [0.29, 0.717) is 23.7 Å². The summed E-state index contributed by atoms with van der Waals surface area (Å²) >= 11 is 0. The first-order valence-electron chi connectivity index (χ1n) is 29.9. The summed E-state index contributed by atoms with van der Waals surface area (Å²) < 4.78 is 61.3. The van der Waals surface area contributed by atoms with Crippen molar-refractivity contribution in [1.82, 2.24) is 0 Å². The van der Waals surface area contributed by atoms with E-state index in [0.717, 1.165) is 109 Å². The zero-order valence-electron chi connectivity index (χ0n) is 51.9. The third-order valence-corrected chi connectivity index (χ3v) is 29.3. The molecule has 4 fully saturated rings. The zero-order valence-corrected chi connectivity index (χ0v) is 54.8. The highest BCUT2D eigenvalue weighted by molar-refractivity contribution is 7.55. The minimum atomic E-state index is -3.22. The summed E-state index contributed by atoms with van der Waals surface area (Å²) in [6, 6.07) is 0. The highest BCUT2D eigenvalue weighted by atomic mass is 31.2. The molecule has 15 heteroatoms. The number of Topliss-reactive ketones (excluding diaryl/α,β-unsaturated/α-hetero) is 2. The summed E-state index contributed by atoms with van der Waals surface area (Å²) in [5.41, 5.74) is 0.195. The Morgan fingerprint density at radius 3 is 1.44 bits per heavy atom. The first kappa shape index (κ1) is 70.5.